The van der Waals surface area contributed by atoms with Gasteiger partial charge in [-0.25, -0.2) is 0 Å². The lowest BCUT2D eigenvalue weighted by Crippen LogP contribution is -2.50. The number of hydrogen-bond donors (Lipinski definition) is 1. The van der Waals surface area contributed by atoms with Gasteiger partial charge in [-0.15, -0.1) is 0 Å². The first kappa shape index (κ1) is 16.4. The van der Waals surface area contributed by atoms with Gasteiger partial charge in [0.25, 0.3) is 0 Å². The minimum Gasteiger partial charge on any atom is -0.305 e. The summed E-state index contributed by atoms with van der Waals surface area (Å²) in [6.45, 7) is 10.0. The summed E-state index contributed by atoms with van der Waals surface area (Å²) in [7, 11) is 4.09. The van der Waals surface area contributed by atoms with E-state index in [0.29, 0.717) is 12.1 Å². The van der Waals surface area contributed by atoms with Gasteiger partial charge in [-0.05, 0) is 60.3 Å². The normalized spacial score (nSPS) is 27.3. The minimum atomic E-state index is -0.421. The molecule has 3 unspecified atom stereocenters. The summed E-state index contributed by atoms with van der Waals surface area (Å²) in [4.78, 5) is 5.04. The van der Waals surface area contributed by atoms with Crippen molar-refractivity contribution in [3.63, 3.8) is 0 Å². The summed E-state index contributed by atoms with van der Waals surface area (Å²) >= 11 is 0. The highest BCUT2D eigenvalue weighted by molar-refractivity contribution is 5.05. The highest BCUT2D eigenvalue weighted by Crippen LogP contribution is 2.21. The van der Waals surface area contributed by atoms with Gasteiger partial charge < -0.3 is 10.2 Å². The van der Waals surface area contributed by atoms with Crippen molar-refractivity contribution in [1.29, 1.82) is 5.26 Å². The van der Waals surface area contributed by atoms with Crippen LogP contribution in [-0.2, 0) is 0 Å². The van der Waals surface area contributed by atoms with Crippen LogP contribution in [0.15, 0.2) is 0 Å². The molecule has 1 aliphatic rings. The molecule has 0 aromatic rings. The van der Waals surface area contributed by atoms with E-state index in [1.165, 1.54) is 19.4 Å². The molecule has 0 amide bonds. The molecule has 3 atom stereocenters. The third-order valence-corrected chi connectivity index (χ3v) is 4.49. The lowest BCUT2D eigenvalue weighted by Gasteiger charge is -2.38. The highest BCUT2D eigenvalue weighted by Gasteiger charge is 2.31. The van der Waals surface area contributed by atoms with Crippen LogP contribution >= 0.6 is 0 Å². The molecule has 1 aliphatic heterocycles. The minimum absolute atomic E-state index is 0.421. The summed E-state index contributed by atoms with van der Waals surface area (Å²) in [6, 6.07) is 3.46. The van der Waals surface area contributed by atoms with Crippen LogP contribution in [0.5, 0.6) is 0 Å². The first-order chi connectivity index (χ1) is 8.95. The Morgan fingerprint density at radius 3 is 2.68 bits per heavy atom. The van der Waals surface area contributed by atoms with Crippen molar-refractivity contribution >= 4 is 0 Å². The second kappa shape index (κ2) is 7.23. The van der Waals surface area contributed by atoms with Crippen molar-refractivity contribution in [2.45, 2.75) is 57.7 Å². The fraction of sp³-hybridized carbons (Fsp3) is 0.933. The second-order valence-electron chi connectivity index (χ2n) is 6.16. The summed E-state index contributed by atoms with van der Waals surface area (Å²) < 4.78 is 0. The first-order valence-corrected chi connectivity index (χ1v) is 7.50. The molecule has 19 heavy (non-hydrogen) atoms. The molecule has 1 N–H and O–H groups in total. The highest BCUT2D eigenvalue weighted by atomic mass is 15.2. The number of hydrogen-bond acceptors (Lipinski definition) is 4. The van der Waals surface area contributed by atoms with Crippen LogP contribution in [0, 0.1) is 11.3 Å². The lowest BCUT2D eigenvalue weighted by molar-refractivity contribution is 0.118. The molecular formula is C15H30N4. The molecule has 0 bridgehead atoms. The number of nitrogens with one attached hydrogen (secondary N) is 1. The molecular weight excluding hydrogens is 236 g/mol. The Morgan fingerprint density at radius 1 is 1.47 bits per heavy atom. The van der Waals surface area contributed by atoms with Crippen LogP contribution in [-0.4, -0.2) is 61.2 Å². The molecule has 0 aliphatic carbocycles. The van der Waals surface area contributed by atoms with E-state index in [4.69, 9.17) is 0 Å². The standard InChI is InChI=1S/C15H30N4/c1-6-14-11-18(5)8-7-9-19(14)13(2)10-15(3,12-16)17-4/h13-14,17H,6-11H2,1-5H3. The maximum Gasteiger partial charge on any atom is 0.105 e. The summed E-state index contributed by atoms with van der Waals surface area (Å²) in [5, 5.41) is 12.5. The van der Waals surface area contributed by atoms with Crippen LogP contribution < -0.4 is 5.32 Å². The predicted octanol–water partition coefficient (Wildman–Crippen LogP) is 1.68. The summed E-state index contributed by atoms with van der Waals surface area (Å²) in [6.07, 6.45) is 3.28. The number of nitriles is 1. The largest absolute Gasteiger partial charge is 0.305 e. The third kappa shape index (κ3) is 4.45. The maximum atomic E-state index is 9.31. The van der Waals surface area contributed by atoms with Crippen molar-refractivity contribution in [2.24, 2.45) is 0 Å². The fourth-order valence-corrected chi connectivity index (χ4v) is 3.12. The average molecular weight is 266 g/mol. The van der Waals surface area contributed by atoms with Crippen LogP contribution in [0.2, 0.25) is 0 Å². The average Bonchev–Trinajstić information content (AvgIpc) is 2.59. The molecule has 4 heteroatoms. The third-order valence-electron chi connectivity index (χ3n) is 4.49. The molecule has 110 valence electrons. The van der Waals surface area contributed by atoms with Gasteiger partial charge >= 0.3 is 0 Å². The number of rotatable bonds is 5. The topological polar surface area (TPSA) is 42.3 Å². The molecule has 1 fully saturated rings. The molecule has 0 aromatic heterocycles. The Hall–Kier alpha value is -0.630. The fourth-order valence-electron chi connectivity index (χ4n) is 3.12. The van der Waals surface area contributed by atoms with Gasteiger partial charge in [0.15, 0.2) is 0 Å². The van der Waals surface area contributed by atoms with Crippen molar-refractivity contribution in [2.75, 3.05) is 33.7 Å². The van der Waals surface area contributed by atoms with Gasteiger partial charge in [-0.2, -0.15) is 5.26 Å². The van der Waals surface area contributed by atoms with Crippen LogP contribution in [0.4, 0.5) is 0 Å². The zero-order valence-corrected chi connectivity index (χ0v) is 13.2. The monoisotopic (exact) mass is 266 g/mol. The van der Waals surface area contributed by atoms with E-state index < -0.39 is 5.54 Å². The summed E-state index contributed by atoms with van der Waals surface area (Å²) in [5.41, 5.74) is -0.421. The zero-order valence-electron chi connectivity index (χ0n) is 13.2. The van der Waals surface area contributed by atoms with E-state index in [9.17, 15) is 5.26 Å². The van der Waals surface area contributed by atoms with Gasteiger partial charge in [0, 0.05) is 18.6 Å². The molecule has 0 spiro atoms. The Bertz CT molecular complexity index is 312. The van der Waals surface area contributed by atoms with E-state index in [0.717, 1.165) is 19.5 Å². The molecule has 1 saturated heterocycles. The SMILES string of the molecule is CCC1CN(C)CCCN1C(C)CC(C)(C#N)NC. The molecule has 0 saturated carbocycles. The smallest absolute Gasteiger partial charge is 0.105 e. The van der Waals surface area contributed by atoms with Gasteiger partial charge in [0.1, 0.15) is 5.54 Å². The van der Waals surface area contributed by atoms with Crippen molar-refractivity contribution in [3.8, 4) is 6.07 Å². The van der Waals surface area contributed by atoms with Crippen molar-refractivity contribution in [1.82, 2.24) is 15.1 Å². The van der Waals surface area contributed by atoms with Crippen molar-refractivity contribution in [3.05, 3.63) is 0 Å². The Balaban J connectivity index is 2.73. The summed E-state index contributed by atoms with van der Waals surface area (Å²) in [5.74, 6) is 0. The molecule has 1 rings (SSSR count). The van der Waals surface area contributed by atoms with E-state index in [2.05, 4.69) is 42.1 Å². The van der Waals surface area contributed by atoms with E-state index >= 15 is 0 Å². The maximum absolute atomic E-state index is 9.31. The van der Waals surface area contributed by atoms with Crippen LogP contribution in [0.25, 0.3) is 0 Å². The Labute approximate surface area is 118 Å². The Kier molecular flexibility index (Phi) is 6.25. The van der Waals surface area contributed by atoms with Crippen LogP contribution in [0.3, 0.4) is 0 Å². The van der Waals surface area contributed by atoms with E-state index in [-0.39, 0.29) is 0 Å². The first-order valence-electron chi connectivity index (χ1n) is 7.50. The second-order valence-corrected chi connectivity index (χ2v) is 6.16. The van der Waals surface area contributed by atoms with Gasteiger partial charge in [0.05, 0.1) is 6.07 Å². The lowest BCUT2D eigenvalue weighted by atomic mass is 9.93. The molecule has 0 radical (unpaired) electrons. The Morgan fingerprint density at radius 2 is 2.16 bits per heavy atom. The quantitative estimate of drug-likeness (QED) is 0.822. The van der Waals surface area contributed by atoms with Gasteiger partial charge in [-0.3, -0.25) is 4.90 Å². The van der Waals surface area contributed by atoms with E-state index in [1.807, 2.05) is 14.0 Å². The molecule has 1 heterocycles. The van der Waals surface area contributed by atoms with Crippen molar-refractivity contribution < 1.29 is 0 Å². The zero-order chi connectivity index (χ0) is 14.5. The predicted molar refractivity (Wildman–Crippen MR) is 80.1 cm³/mol. The van der Waals surface area contributed by atoms with Gasteiger partial charge in [0.2, 0.25) is 0 Å². The number of nitrogens with zero attached hydrogens (tertiary/aromatic N) is 3. The van der Waals surface area contributed by atoms with Gasteiger partial charge in [-0.1, -0.05) is 6.92 Å². The molecule has 0 aromatic carbocycles. The van der Waals surface area contributed by atoms with Crippen LogP contribution in [0.1, 0.15) is 40.0 Å². The molecule has 4 nitrogen and oxygen atoms in total. The number of likely N-dealkylation sites (N-methyl/N-ethyl adjacent to an activating group) is 1. The van der Waals surface area contributed by atoms with E-state index in [1.54, 1.807) is 0 Å².